The van der Waals surface area contributed by atoms with Crippen LogP contribution in [-0.4, -0.2) is 24.7 Å². The zero-order chi connectivity index (χ0) is 23.8. The van der Waals surface area contributed by atoms with Crippen molar-refractivity contribution in [1.29, 1.82) is 0 Å². The Morgan fingerprint density at radius 1 is 1.00 bits per heavy atom. The van der Waals surface area contributed by atoms with Crippen molar-refractivity contribution in [1.82, 2.24) is 24.7 Å². The topological polar surface area (TPSA) is 89.5 Å². The minimum Gasteiger partial charge on any atom is -0.337 e. The number of nitrogens with two attached hydrogens (primary N) is 1. The zero-order valence-electron chi connectivity index (χ0n) is 19.5. The lowest BCUT2D eigenvalue weighted by Gasteiger charge is -2.11. The lowest BCUT2D eigenvalue weighted by molar-refractivity contribution is -0.498. The van der Waals surface area contributed by atoms with Crippen molar-refractivity contribution in [3.8, 4) is 33.9 Å². The van der Waals surface area contributed by atoms with Crippen LogP contribution in [-0.2, 0) is 13.1 Å². The number of aryl methyl sites for hydroxylation is 1. The van der Waals surface area contributed by atoms with Crippen LogP contribution in [0.25, 0.3) is 50.5 Å². The van der Waals surface area contributed by atoms with E-state index in [4.69, 9.17) is 10.7 Å². The highest BCUT2D eigenvalue weighted by molar-refractivity contribution is 5.97. The highest BCUT2D eigenvalue weighted by atomic mass is 15.3. The molecule has 0 saturated heterocycles. The third-order valence-electron chi connectivity index (χ3n) is 6.32. The van der Waals surface area contributed by atoms with E-state index in [1.165, 1.54) is 0 Å². The first-order valence-corrected chi connectivity index (χ1v) is 11.9. The standard InChI is InChI=1S/C28H25N7/c1-2-13-34-17-25(30-18-34)28-33-32-27-23-15-22(20-6-4-3-5-7-20)26(31-24(23)12-14-35(27)28)21-10-8-19(16-29)9-11-21/h3-12,14-15,17-18H,2,13,16,29H2,1H3/p+1. The van der Waals surface area contributed by atoms with E-state index in [1.807, 2.05) is 29.1 Å². The number of aromatic nitrogens is 6. The quantitative estimate of drug-likeness (QED) is 0.351. The predicted molar refractivity (Wildman–Crippen MR) is 137 cm³/mol. The molecule has 0 amide bonds. The monoisotopic (exact) mass is 460 g/mol. The van der Waals surface area contributed by atoms with E-state index in [0.717, 1.165) is 69.0 Å². The summed E-state index contributed by atoms with van der Waals surface area (Å²) in [6.07, 6.45) is 6.98. The Morgan fingerprint density at radius 3 is 2.60 bits per heavy atom. The van der Waals surface area contributed by atoms with E-state index >= 15 is 0 Å². The molecule has 2 aromatic carbocycles. The molecule has 0 radical (unpaired) electrons. The van der Waals surface area contributed by atoms with Gasteiger partial charge >= 0.3 is 5.65 Å². The zero-order valence-corrected chi connectivity index (χ0v) is 19.5. The molecule has 0 aliphatic heterocycles. The highest BCUT2D eigenvalue weighted by Crippen LogP contribution is 2.34. The van der Waals surface area contributed by atoms with Crippen LogP contribution in [0.5, 0.6) is 0 Å². The van der Waals surface area contributed by atoms with Gasteiger partial charge in [-0.25, -0.2) is 9.97 Å². The fourth-order valence-electron chi connectivity index (χ4n) is 4.53. The molecule has 4 aromatic heterocycles. The molecule has 6 aromatic rings. The van der Waals surface area contributed by atoms with Crippen LogP contribution in [0.3, 0.4) is 0 Å². The fourth-order valence-corrected chi connectivity index (χ4v) is 4.53. The maximum atomic E-state index is 5.81. The van der Waals surface area contributed by atoms with Crippen LogP contribution in [0.2, 0.25) is 0 Å². The number of hydrogen-bond donors (Lipinski definition) is 2. The van der Waals surface area contributed by atoms with Gasteiger partial charge in [0.25, 0.3) is 5.82 Å². The number of fused-ring (bicyclic) bond motifs is 3. The summed E-state index contributed by atoms with van der Waals surface area (Å²) in [5.41, 5.74) is 13.6. The van der Waals surface area contributed by atoms with E-state index < -0.39 is 0 Å². The Kier molecular flexibility index (Phi) is 5.31. The SMILES string of the molecule is CCCn1cnc(-c2[nH]nc3c4cc(-c5ccccc5)c(-c5ccc(CN)cc5)nc4cc[n+]23)c1. The molecule has 0 spiro atoms. The summed E-state index contributed by atoms with van der Waals surface area (Å²) in [4.78, 5) is 9.71. The van der Waals surface area contributed by atoms with E-state index in [1.54, 1.807) is 0 Å². The molecule has 0 bridgehead atoms. The summed E-state index contributed by atoms with van der Waals surface area (Å²) < 4.78 is 4.15. The molecule has 172 valence electrons. The largest absolute Gasteiger partial charge is 0.337 e. The lowest BCUT2D eigenvalue weighted by atomic mass is 9.97. The van der Waals surface area contributed by atoms with Crippen LogP contribution >= 0.6 is 0 Å². The van der Waals surface area contributed by atoms with Crippen molar-refractivity contribution < 1.29 is 4.40 Å². The molecule has 7 nitrogen and oxygen atoms in total. The molecule has 0 saturated carbocycles. The molecule has 7 heteroatoms. The third kappa shape index (κ3) is 3.76. The summed E-state index contributed by atoms with van der Waals surface area (Å²) in [5.74, 6) is 0.847. The number of aromatic amines is 1. The maximum absolute atomic E-state index is 5.81. The number of hydrogen-bond acceptors (Lipinski definition) is 4. The average molecular weight is 461 g/mol. The fraction of sp³-hybridized carbons (Fsp3) is 0.143. The number of rotatable bonds is 6. The van der Waals surface area contributed by atoms with Gasteiger partial charge in [0.15, 0.2) is 5.69 Å². The number of imidazole rings is 1. The second kappa shape index (κ2) is 8.77. The molecule has 6 rings (SSSR count). The molecular weight excluding hydrogens is 434 g/mol. The van der Waals surface area contributed by atoms with Crippen LogP contribution in [0.4, 0.5) is 0 Å². The van der Waals surface area contributed by atoms with Crippen LogP contribution in [0, 0.1) is 0 Å². The number of pyridine rings is 2. The Morgan fingerprint density at radius 2 is 1.83 bits per heavy atom. The lowest BCUT2D eigenvalue weighted by Crippen LogP contribution is -2.22. The number of nitrogens with zero attached hydrogens (tertiary/aromatic N) is 5. The summed E-state index contributed by atoms with van der Waals surface area (Å²) in [6.45, 7) is 3.61. The minimum absolute atomic E-state index is 0.518. The van der Waals surface area contributed by atoms with Crippen LogP contribution in [0.15, 0.2) is 85.5 Å². The summed E-state index contributed by atoms with van der Waals surface area (Å²) in [7, 11) is 0. The normalized spacial score (nSPS) is 11.5. The molecule has 4 heterocycles. The third-order valence-corrected chi connectivity index (χ3v) is 6.32. The van der Waals surface area contributed by atoms with Gasteiger partial charge in [-0.15, -0.1) is 5.10 Å². The molecule has 0 aliphatic rings. The number of benzene rings is 2. The Hall–Kier alpha value is -4.36. The van der Waals surface area contributed by atoms with Crippen molar-refractivity contribution in [3.05, 3.63) is 91.0 Å². The molecule has 3 N–H and O–H groups in total. The van der Waals surface area contributed by atoms with Crippen LogP contribution < -0.4 is 10.1 Å². The minimum atomic E-state index is 0.518. The Balaban J connectivity index is 1.56. The van der Waals surface area contributed by atoms with Gasteiger partial charge < -0.3 is 10.3 Å². The van der Waals surface area contributed by atoms with Crippen molar-refractivity contribution in [2.75, 3.05) is 0 Å². The van der Waals surface area contributed by atoms with E-state index in [0.29, 0.717) is 6.54 Å². The summed E-state index contributed by atoms with van der Waals surface area (Å²) >= 11 is 0. The molecular formula is C28H26N7+. The predicted octanol–water partition coefficient (Wildman–Crippen LogP) is 4.76. The van der Waals surface area contributed by atoms with Crippen molar-refractivity contribution >= 4 is 16.6 Å². The van der Waals surface area contributed by atoms with Crippen molar-refractivity contribution in [2.45, 2.75) is 26.4 Å². The maximum Gasteiger partial charge on any atom is 0.315 e. The first kappa shape index (κ1) is 21.2. The number of H-pyrrole nitrogens is 1. The molecule has 0 aliphatic carbocycles. The molecule has 35 heavy (non-hydrogen) atoms. The van der Waals surface area contributed by atoms with Gasteiger partial charge in [0.1, 0.15) is 0 Å². The first-order chi connectivity index (χ1) is 17.2. The summed E-state index contributed by atoms with van der Waals surface area (Å²) in [5, 5.41) is 8.84. The molecule has 0 unspecified atom stereocenters. The van der Waals surface area contributed by atoms with Gasteiger partial charge in [-0.2, -0.15) is 4.40 Å². The Labute approximate surface area is 202 Å². The van der Waals surface area contributed by atoms with Gasteiger partial charge in [0.05, 0.1) is 29.1 Å². The first-order valence-electron chi connectivity index (χ1n) is 11.9. The van der Waals surface area contributed by atoms with Gasteiger partial charge in [-0.3, -0.25) is 0 Å². The van der Waals surface area contributed by atoms with Crippen molar-refractivity contribution in [2.24, 2.45) is 5.73 Å². The smallest absolute Gasteiger partial charge is 0.315 e. The Bertz CT molecular complexity index is 1630. The van der Waals surface area contributed by atoms with E-state index in [2.05, 4.69) is 87.5 Å². The van der Waals surface area contributed by atoms with E-state index in [9.17, 15) is 0 Å². The van der Waals surface area contributed by atoms with Crippen LogP contribution in [0.1, 0.15) is 18.9 Å². The van der Waals surface area contributed by atoms with Gasteiger partial charge in [0, 0.05) is 35.5 Å². The van der Waals surface area contributed by atoms with Gasteiger partial charge in [-0.05, 0) is 29.7 Å². The second-order valence-electron chi connectivity index (χ2n) is 8.66. The molecule has 0 fully saturated rings. The second-order valence-corrected chi connectivity index (χ2v) is 8.66. The van der Waals surface area contributed by atoms with Gasteiger partial charge in [-0.1, -0.05) is 61.5 Å². The number of nitrogens with one attached hydrogen (secondary N) is 1. The van der Waals surface area contributed by atoms with Crippen molar-refractivity contribution in [3.63, 3.8) is 0 Å². The highest BCUT2D eigenvalue weighted by Gasteiger charge is 2.22. The summed E-state index contributed by atoms with van der Waals surface area (Å²) in [6, 6.07) is 22.9. The molecule has 0 atom stereocenters. The van der Waals surface area contributed by atoms with Gasteiger partial charge in [0.2, 0.25) is 0 Å². The average Bonchev–Trinajstić information content (AvgIpc) is 3.56. The van der Waals surface area contributed by atoms with E-state index in [-0.39, 0.29) is 0 Å².